The van der Waals surface area contributed by atoms with E-state index in [1.54, 1.807) is 37.8 Å². The number of unbranched alkanes of at least 4 members (excludes halogenated alkanes) is 3. The summed E-state index contributed by atoms with van der Waals surface area (Å²) >= 11 is 0. The molecule has 0 aliphatic rings. The molecule has 0 heterocycles. The largest absolute Gasteiger partial charge is 0.444 e. The second kappa shape index (κ2) is 14.8. The van der Waals surface area contributed by atoms with E-state index in [0.717, 1.165) is 25.7 Å². The molecule has 3 amide bonds. The molecule has 212 valence electrons. The van der Waals surface area contributed by atoms with E-state index in [1.807, 2.05) is 46.8 Å². The molecule has 7 heteroatoms. The maximum Gasteiger partial charge on any atom is 0.408 e. The molecule has 0 bridgehead atoms. The van der Waals surface area contributed by atoms with Crippen molar-refractivity contribution in [3.8, 4) is 12.3 Å². The highest BCUT2D eigenvalue weighted by Crippen LogP contribution is 2.28. The van der Waals surface area contributed by atoms with E-state index in [4.69, 9.17) is 11.2 Å². The summed E-state index contributed by atoms with van der Waals surface area (Å²) in [6.07, 6.45) is 9.50. The second-order valence-corrected chi connectivity index (χ2v) is 12.0. The van der Waals surface area contributed by atoms with E-state index >= 15 is 0 Å². The van der Waals surface area contributed by atoms with Gasteiger partial charge >= 0.3 is 6.09 Å². The van der Waals surface area contributed by atoms with Crippen molar-refractivity contribution in [3.63, 3.8) is 0 Å². The molecule has 0 radical (unpaired) electrons. The number of amides is 3. The predicted molar refractivity (Wildman–Crippen MR) is 153 cm³/mol. The van der Waals surface area contributed by atoms with Gasteiger partial charge in [0.2, 0.25) is 11.8 Å². The van der Waals surface area contributed by atoms with Crippen LogP contribution in [0.15, 0.2) is 24.3 Å². The lowest BCUT2D eigenvalue weighted by molar-refractivity contribution is -0.144. The number of rotatable bonds is 12. The van der Waals surface area contributed by atoms with Gasteiger partial charge in [-0.2, -0.15) is 0 Å². The first-order chi connectivity index (χ1) is 17.6. The summed E-state index contributed by atoms with van der Waals surface area (Å²) in [7, 11) is 0. The van der Waals surface area contributed by atoms with E-state index in [-0.39, 0.29) is 17.7 Å². The first kappa shape index (κ1) is 33.0. The molecule has 0 fully saturated rings. The Kier molecular flexibility index (Phi) is 12.9. The second-order valence-electron chi connectivity index (χ2n) is 12.0. The summed E-state index contributed by atoms with van der Waals surface area (Å²) in [6.45, 7) is 17.4. The van der Waals surface area contributed by atoms with Gasteiger partial charge in [0.1, 0.15) is 17.7 Å². The predicted octanol–water partition coefficient (Wildman–Crippen LogP) is 5.97. The zero-order valence-corrected chi connectivity index (χ0v) is 24.9. The molecule has 3 atom stereocenters. The normalized spacial score (nSPS) is 14.0. The summed E-state index contributed by atoms with van der Waals surface area (Å²) in [4.78, 5) is 42.5. The molecule has 0 aromatic heterocycles. The Bertz CT molecular complexity index is 969. The maximum atomic E-state index is 14.3. The Morgan fingerprint density at radius 2 is 1.66 bits per heavy atom. The van der Waals surface area contributed by atoms with Gasteiger partial charge in [-0.25, -0.2) is 4.79 Å². The standard InChI is InChI=1S/C31H49N3O4/c1-11-14-15-18-21-34(28(36)25(22(4)12-2)32-29(37)38-31(8,9)10)26(27(35)33-30(5,6)7)24-20-17-16-19-23(24)13-3/h3,16-17,19-20,22,25-26H,11-12,14-15,18,21H2,1-2,4-10H3,(H,32,37)(H,33,35). The molecule has 1 rings (SSSR count). The van der Waals surface area contributed by atoms with Gasteiger partial charge in [-0.1, -0.05) is 70.6 Å². The molecular weight excluding hydrogens is 478 g/mol. The number of nitrogens with zero attached hydrogens (tertiary/aromatic N) is 1. The fourth-order valence-electron chi connectivity index (χ4n) is 4.13. The molecule has 0 saturated heterocycles. The van der Waals surface area contributed by atoms with Crippen LogP contribution >= 0.6 is 0 Å². The first-order valence-corrected chi connectivity index (χ1v) is 13.8. The zero-order chi connectivity index (χ0) is 29.1. The Morgan fingerprint density at radius 1 is 1.03 bits per heavy atom. The smallest absolute Gasteiger partial charge is 0.408 e. The highest BCUT2D eigenvalue weighted by Gasteiger charge is 2.39. The minimum Gasteiger partial charge on any atom is -0.444 e. The van der Waals surface area contributed by atoms with E-state index in [1.165, 1.54) is 0 Å². The van der Waals surface area contributed by atoms with Crippen molar-refractivity contribution < 1.29 is 19.1 Å². The van der Waals surface area contributed by atoms with Crippen molar-refractivity contribution in [2.45, 2.75) is 118 Å². The third-order valence-corrected chi connectivity index (χ3v) is 6.16. The van der Waals surface area contributed by atoms with Gasteiger partial charge in [-0.05, 0) is 65.5 Å². The summed E-state index contributed by atoms with van der Waals surface area (Å²) in [6, 6.07) is 5.38. The number of carbonyl (C=O) groups excluding carboxylic acids is 3. The minimum absolute atomic E-state index is 0.192. The summed E-state index contributed by atoms with van der Waals surface area (Å²) in [5.41, 5.74) is -0.107. The van der Waals surface area contributed by atoms with Crippen molar-refractivity contribution >= 4 is 17.9 Å². The first-order valence-electron chi connectivity index (χ1n) is 13.8. The van der Waals surface area contributed by atoms with Crippen LogP contribution in [0.4, 0.5) is 4.79 Å². The van der Waals surface area contributed by atoms with Crippen molar-refractivity contribution in [2.75, 3.05) is 6.54 Å². The average Bonchev–Trinajstić information content (AvgIpc) is 2.81. The van der Waals surface area contributed by atoms with Gasteiger partial charge in [0.05, 0.1) is 0 Å². The van der Waals surface area contributed by atoms with Crippen LogP contribution in [0.25, 0.3) is 0 Å². The number of benzene rings is 1. The van der Waals surface area contributed by atoms with Crippen LogP contribution in [-0.2, 0) is 14.3 Å². The Labute approximate surface area is 230 Å². The number of ether oxygens (including phenoxy) is 1. The van der Waals surface area contributed by atoms with E-state index in [9.17, 15) is 14.4 Å². The van der Waals surface area contributed by atoms with Crippen LogP contribution in [0, 0.1) is 18.3 Å². The molecule has 2 N–H and O–H groups in total. The number of hydrogen-bond donors (Lipinski definition) is 2. The quantitative estimate of drug-likeness (QED) is 0.259. The average molecular weight is 528 g/mol. The Hall–Kier alpha value is -3.01. The lowest BCUT2D eigenvalue weighted by atomic mass is 9.93. The molecule has 3 unspecified atom stereocenters. The van der Waals surface area contributed by atoms with Crippen LogP contribution in [0.2, 0.25) is 0 Å². The van der Waals surface area contributed by atoms with Crippen molar-refractivity contribution in [2.24, 2.45) is 5.92 Å². The van der Waals surface area contributed by atoms with Crippen LogP contribution in [0.1, 0.15) is 112 Å². The minimum atomic E-state index is -0.956. The summed E-state index contributed by atoms with van der Waals surface area (Å²) in [5, 5.41) is 5.85. The summed E-state index contributed by atoms with van der Waals surface area (Å²) < 4.78 is 5.47. The molecule has 0 aliphatic heterocycles. The van der Waals surface area contributed by atoms with Gasteiger partial charge in [-0.15, -0.1) is 6.42 Å². The number of alkyl carbamates (subject to hydrolysis) is 1. The van der Waals surface area contributed by atoms with E-state index < -0.39 is 29.3 Å². The third kappa shape index (κ3) is 10.8. The molecule has 7 nitrogen and oxygen atoms in total. The number of terminal acetylenes is 1. The Morgan fingerprint density at radius 3 is 2.18 bits per heavy atom. The molecule has 0 spiro atoms. The van der Waals surface area contributed by atoms with Gasteiger partial charge in [0, 0.05) is 17.6 Å². The highest BCUT2D eigenvalue weighted by atomic mass is 16.6. The molecule has 0 saturated carbocycles. The topological polar surface area (TPSA) is 87.7 Å². The molecular formula is C31H49N3O4. The van der Waals surface area contributed by atoms with Gasteiger partial charge < -0.3 is 20.3 Å². The number of carbonyl (C=O) groups is 3. The monoisotopic (exact) mass is 527 g/mol. The third-order valence-electron chi connectivity index (χ3n) is 6.16. The Balaban J connectivity index is 3.64. The van der Waals surface area contributed by atoms with Crippen LogP contribution < -0.4 is 10.6 Å². The fourth-order valence-corrected chi connectivity index (χ4v) is 4.13. The number of hydrogen-bond acceptors (Lipinski definition) is 4. The molecule has 38 heavy (non-hydrogen) atoms. The van der Waals surface area contributed by atoms with Crippen LogP contribution in [-0.4, -0.2) is 46.5 Å². The van der Waals surface area contributed by atoms with E-state index in [0.29, 0.717) is 24.1 Å². The van der Waals surface area contributed by atoms with Crippen molar-refractivity contribution in [1.29, 1.82) is 0 Å². The lowest BCUT2D eigenvalue weighted by Gasteiger charge is -2.37. The van der Waals surface area contributed by atoms with E-state index in [2.05, 4.69) is 23.5 Å². The fraction of sp³-hybridized carbons (Fsp3) is 0.645. The molecule has 0 aliphatic carbocycles. The van der Waals surface area contributed by atoms with Crippen LogP contribution in [0.5, 0.6) is 0 Å². The van der Waals surface area contributed by atoms with Crippen LogP contribution in [0.3, 0.4) is 0 Å². The molecule has 1 aromatic carbocycles. The number of nitrogens with one attached hydrogen (secondary N) is 2. The SMILES string of the molecule is C#Cc1ccccc1C(C(=O)NC(C)(C)C)N(CCCCCC)C(=O)C(NC(=O)OC(C)(C)C)C(C)CC. The maximum absolute atomic E-state index is 14.3. The van der Waals surface area contributed by atoms with Gasteiger partial charge in [0.15, 0.2) is 0 Å². The van der Waals surface area contributed by atoms with Gasteiger partial charge in [0.25, 0.3) is 0 Å². The van der Waals surface area contributed by atoms with Gasteiger partial charge in [-0.3, -0.25) is 9.59 Å². The zero-order valence-electron chi connectivity index (χ0n) is 24.9. The highest BCUT2D eigenvalue weighted by molar-refractivity contribution is 5.93. The lowest BCUT2D eigenvalue weighted by Crippen LogP contribution is -2.56. The summed E-state index contributed by atoms with van der Waals surface area (Å²) in [5.74, 6) is 1.84. The van der Waals surface area contributed by atoms with Crippen molar-refractivity contribution in [3.05, 3.63) is 35.4 Å². The molecule has 1 aromatic rings. The van der Waals surface area contributed by atoms with Crippen molar-refractivity contribution in [1.82, 2.24) is 15.5 Å².